The molecule has 0 radical (unpaired) electrons. The summed E-state index contributed by atoms with van der Waals surface area (Å²) in [6.07, 6.45) is 2.18. The third-order valence-corrected chi connectivity index (χ3v) is 3.67. The molecule has 0 amide bonds. The number of rotatable bonds is 10. The topological polar surface area (TPSA) is 111 Å². The highest BCUT2D eigenvalue weighted by atomic mass is 16.3. The van der Waals surface area contributed by atoms with Gasteiger partial charge in [-0.25, -0.2) is 9.97 Å². The van der Waals surface area contributed by atoms with Crippen molar-refractivity contribution in [1.29, 1.82) is 0 Å². The highest BCUT2D eigenvalue weighted by Gasteiger charge is 2.18. The summed E-state index contributed by atoms with van der Waals surface area (Å²) in [6.45, 7) is 9.28. The second kappa shape index (κ2) is 9.14. The van der Waals surface area contributed by atoms with Crippen molar-refractivity contribution >= 4 is 34.6 Å². The Balaban J connectivity index is 2.60. The zero-order valence-corrected chi connectivity index (χ0v) is 15.9. The van der Waals surface area contributed by atoms with Gasteiger partial charge in [0.05, 0.1) is 6.10 Å². The molecule has 2 heterocycles. The van der Waals surface area contributed by atoms with Crippen LogP contribution in [-0.4, -0.2) is 64.9 Å². The normalized spacial score (nSPS) is 11.9. The fraction of sp³-hybridized carbons (Fsp3) is 0.529. The predicted octanol–water partition coefficient (Wildman–Crippen LogP) is 1.70. The molecule has 26 heavy (non-hydrogen) atoms. The van der Waals surface area contributed by atoms with E-state index in [2.05, 4.69) is 49.4 Å². The number of fused-ring (bicyclic) bond motifs is 1. The van der Waals surface area contributed by atoms with Crippen molar-refractivity contribution in [3.63, 3.8) is 0 Å². The minimum atomic E-state index is -0.482. The van der Waals surface area contributed by atoms with Crippen molar-refractivity contribution in [2.75, 3.05) is 54.6 Å². The number of hydrogen-bond donors (Lipinski definition) is 4. The molecule has 9 nitrogen and oxygen atoms in total. The van der Waals surface area contributed by atoms with Crippen LogP contribution >= 0.6 is 0 Å². The van der Waals surface area contributed by atoms with Gasteiger partial charge in [-0.15, -0.1) is 6.58 Å². The molecule has 0 saturated heterocycles. The number of aromatic nitrogens is 4. The van der Waals surface area contributed by atoms with Gasteiger partial charge in [-0.3, -0.25) is 0 Å². The molecule has 1 atom stereocenters. The van der Waals surface area contributed by atoms with Gasteiger partial charge < -0.3 is 26.0 Å². The summed E-state index contributed by atoms with van der Waals surface area (Å²) in [5.41, 5.74) is 1.24. The van der Waals surface area contributed by atoms with Crippen LogP contribution in [0.5, 0.6) is 0 Å². The van der Waals surface area contributed by atoms with E-state index in [0.29, 0.717) is 47.7 Å². The van der Waals surface area contributed by atoms with Crippen LogP contribution in [0.25, 0.3) is 11.0 Å². The molecule has 1 unspecified atom stereocenters. The summed E-state index contributed by atoms with van der Waals surface area (Å²) in [6, 6.07) is 0. The molecular weight excluding hydrogens is 332 g/mol. The zero-order valence-electron chi connectivity index (χ0n) is 15.9. The van der Waals surface area contributed by atoms with E-state index in [9.17, 15) is 5.11 Å². The standard InChI is InChI=1S/C17H28N8O/c1-6-8-20-16-21-12-13(14(18-4)23-16)22-17(24-15(12)19-5)25(9-7-2)10-11(3)26/h6,11,26H,1,7-10H2,2-5H3,(H,19,22,24)(H2,18,20,21,23). The van der Waals surface area contributed by atoms with Crippen molar-refractivity contribution in [3.05, 3.63) is 12.7 Å². The molecule has 2 aromatic rings. The smallest absolute Gasteiger partial charge is 0.228 e. The maximum absolute atomic E-state index is 9.80. The van der Waals surface area contributed by atoms with Crippen LogP contribution in [0.1, 0.15) is 20.3 Å². The number of aliphatic hydroxyl groups is 1. The first kappa shape index (κ1) is 19.6. The Bertz CT molecular complexity index is 749. The molecular formula is C17H28N8O. The van der Waals surface area contributed by atoms with Crippen LogP contribution in [0.2, 0.25) is 0 Å². The van der Waals surface area contributed by atoms with Crippen molar-refractivity contribution in [2.45, 2.75) is 26.4 Å². The molecule has 0 aliphatic rings. The predicted molar refractivity (Wildman–Crippen MR) is 107 cm³/mol. The van der Waals surface area contributed by atoms with Gasteiger partial charge in [-0.05, 0) is 13.3 Å². The summed E-state index contributed by atoms with van der Waals surface area (Å²) in [4.78, 5) is 20.3. The van der Waals surface area contributed by atoms with Crippen molar-refractivity contribution in [3.8, 4) is 0 Å². The first-order valence-corrected chi connectivity index (χ1v) is 8.77. The Morgan fingerprint density at radius 3 is 2.35 bits per heavy atom. The molecule has 0 fully saturated rings. The molecule has 2 rings (SSSR count). The van der Waals surface area contributed by atoms with Gasteiger partial charge >= 0.3 is 0 Å². The molecule has 0 aliphatic heterocycles. The molecule has 4 N–H and O–H groups in total. The largest absolute Gasteiger partial charge is 0.392 e. The summed E-state index contributed by atoms with van der Waals surface area (Å²) in [5, 5.41) is 19.1. The molecule has 0 saturated carbocycles. The lowest BCUT2D eigenvalue weighted by atomic mass is 10.3. The Kier molecular flexibility index (Phi) is 6.90. The second-order valence-electron chi connectivity index (χ2n) is 5.93. The summed E-state index contributed by atoms with van der Waals surface area (Å²) < 4.78 is 0. The Morgan fingerprint density at radius 1 is 1.12 bits per heavy atom. The third-order valence-electron chi connectivity index (χ3n) is 3.67. The molecule has 0 aromatic carbocycles. The highest BCUT2D eigenvalue weighted by molar-refractivity contribution is 5.94. The molecule has 0 bridgehead atoms. The van der Waals surface area contributed by atoms with E-state index in [1.807, 2.05) is 4.90 Å². The zero-order chi connectivity index (χ0) is 19.1. The number of aliphatic hydroxyl groups excluding tert-OH is 1. The Morgan fingerprint density at radius 2 is 1.77 bits per heavy atom. The SMILES string of the molecule is C=CCNc1nc(NC)c2nc(N(CCC)CC(C)O)nc(NC)c2n1. The van der Waals surface area contributed by atoms with Gasteiger partial charge in [-0.1, -0.05) is 13.0 Å². The van der Waals surface area contributed by atoms with Gasteiger partial charge in [-0.2, -0.15) is 9.97 Å². The van der Waals surface area contributed by atoms with E-state index in [4.69, 9.17) is 0 Å². The molecule has 2 aromatic heterocycles. The lowest BCUT2D eigenvalue weighted by Gasteiger charge is -2.24. The Labute approximate surface area is 154 Å². The quantitative estimate of drug-likeness (QED) is 0.470. The minimum absolute atomic E-state index is 0.456. The number of anilines is 4. The third kappa shape index (κ3) is 4.48. The van der Waals surface area contributed by atoms with Crippen LogP contribution < -0.4 is 20.9 Å². The van der Waals surface area contributed by atoms with E-state index in [1.54, 1.807) is 27.1 Å². The number of hydrogen-bond acceptors (Lipinski definition) is 9. The molecule has 0 aliphatic carbocycles. The minimum Gasteiger partial charge on any atom is -0.392 e. The van der Waals surface area contributed by atoms with Crippen molar-refractivity contribution in [2.24, 2.45) is 0 Å². The fourth-order valence-electron chi connectivity index (χ4n) is 2.60. The van der Waals surface area contributed by atoms with Gasteiger partial charge in [0.1, 0.15) is 11.0 Å². The maximum Gasteiger partial charge on any atom is 0.228 e. The lowest BCUT2D eigenvalue weighted by Crippen LogP contribution is -2.33. The summed E-state index contributed by atoms with van der Waals surface area (Å²) >= 11 is 0. The lowest BCUT2D eigenvalue weighted by molar-refractivity contribution is 0.199. The van der Waals surface area contributed by atoms with Crippen LogP contribution in [0.15, 0.2) is 12.7 Å². The summed E-state index contributed by atoms with van der Waals surface area (Å²) in [5.74, 6) is 2.23. The average molecular weight is 360 g/mol. The van der Waals surface area contributed by atoms with E-state index >= 15 is 0 Å². The van der Waals surface area contributed by atoms with Crippen LogP contribution in [0.3, 0.4) is 0 Å². The maximum atomic E-state index is 9.80. The highest BCUT2D eigenvalue weighted by Crippen LogP contribution is 2.27. The van der Waals surface area contributed by atoms with Gasteiger partial charge in [0, 0.05) is 33.7 Å². The monoisotopic (exact) mass is 360 g/mol. The number of nitrogens with zero attached hydrogens (tertiary/aromatic N) is 5. The van der Waals surface area contributed by atoms with Gasteiger partial charge in [0.25, 0.3) is 0 Å². The summed E-state index contributed by atoms with van der Waals surface area (Å²) in [7, 11) is 3.59. The van der Waals surface area contributed by atoms with Gasteiger partial charge in [0.15, 0.2) is 11.6 Å². The van der Waals surface area contributed by atoms with E-state index < -0.39 is 6.10 Å². The van der Waals surface area contributed by atoms with Crippen LogP contribution in [0.4, 0.5) is 23.5 Å². The first-order valence-electron chi connectivity index (χ1n) is 8.77. The van der Waals surface area contributed by atoms with E-state index in [0.717, 1.165) is 13.0 Å². The van der Waals surface area contributed by atoms with Gasteiger partial charge in [0.2, 0.25) is 11.9 Å². The van der Waals surface area contributed by atoms with Crippen LogP contribution in [0, 0.1) is 0 Å². The first-order chi connectivity index (χ1) is 12.5. The molecule has 9 heteroatoms. The number of nitrogens with one attached hydrogen (secondary N) is 3. The fourth-order valence-corrected chi connectivity index (χ4v) is 2.60. The van der Waals surface area contributed by atoms with Crippen molar-refractivity contribution in [1.82, 2.24) is 19.9 Å². The average Bonchev–Trinajstić information content (AvgIpc) is 2.64. The van der Waals surface area contributed by atoms with E-state index in [1.165, 1.54) is 0 Å². The van der Waals surface area contributed by atoms with Crippen LogP contribution in [-0.2, 0) is 0 Å². The van der Waals surface area contributed by atoms with E-state index in [-0.39, 0.29) is 0 Å². The Hall–Kier alpha value is -2.68. The van der Waals surface area contributed by atoms with Crippen molar-refractivity contribution < 1.29 is 5.11 Å². The molecule has 0 spiro atoms. The molecule has 142 valence electrons. The second-order valence-corrected chi connectivity index (χ2v) is 5.93.